The van der Waals surface area contributed by atoms with Gasteiger partial charge in [0.15, 0.2) is 0 Å². The molecule has 0 saturated heterocycles. The molecule has 2 rings (SSSR count). The number of rotatable bonds is 6. The lowest BCUT2D eigenvalue weighted by atomic mass is 9.69. The maximum absolute atomic E-state index is 12.9. The van der Waals surface area contributed by atoms with Crippen molar-refractivity contribution in [3.05, 3.63) is 35.4 Å². The Bertz CT molecular complexity index is 566. The first-order valence-electron chi connectivity index (χ1n) is 7.66. The number of nitrogens with zero attached hydrogens (tertiary/aromatic N) is 1. The van der Waals surface area contributed by atoms with Crippen molar-refractivity contribution >= 4 is 11.9 Å². The molecule has 0 aliphatic carbocycles. The Morgan fingerprint density at radius 3 is 2.50 bits per heavy atom. The molecule has 22 heavy (non-hydrogen) atoms. The second-order valence-corrected chi connectivity index (χ2v) is 5.62. The molecule has 1 unspecified atom stereocenters. The number of hydrogen-bond acceptors (Lipinski definition) is 3. The molecule has 1 aliphatic heterocycles. The second kappa shape index (κ2) is 6.48. The Balaban J connectivity index is 2.65. The number of aliphatic carboxylic acids is 1. The smallest absolute Gasteiger partial charge is 0.313 e. The van der Waals surface area contributed by atoms with Gasteiger partial charge in [-0.1, -0.05) is 32.0 Å². The van der Waals surface area contributed by atoms with Gasteiger partial charge < -0.3 is 14.7 Å². The molecule has 0 spiro atoms. The van der Waals surface area contributed by atoms with E-state index in [1.54, 1.807) is 36.3 Å². The molecule has 0 saturated carbocycles. The number of fused-ring (bicyclic) bond motifs is 1. The van der Waals surface area contributed by atoms with Crippen LogP contribution in [0.25, 0.3) is 0 Å². The number of amides is 1. The fourth-order valence-electron chi connectivity index (χ4n) is 3.65. The van der Waals surface area contributed by atoms with Crippen molar-refractivity contribution in [2.75, 3.05) is 20.3 Å². The van der Waals surface area contributed by atoms with Gasteiger partial charge in [-0.15, -0.1) is 0 Å². The minimum absolute atomic E-state index is 0.103. The van der Waals surface area contributed by atoms with Crippen molar-refractivity contribution < 1.29 is 19.4 Å². The van der Waals surface area contributed by atoms with E-state index in [4.69, 9.17) is 4.74 Å². The Kier molecular flexibility index (Phi) is 4.86. The first-order chi connectivity index (χ1) is 10.5. The highest BCUT2D eigenvalue weighted by Crippen LogP contribution is 2.45. The normalized spacial score (nSPS) is 19.9. The maximum atomic E-state index is 12.9. The fraction of sp³-hybridized carbons (Fsp3) is 0.529. The van der Waals surface area contributed by atoms with E-state index in [2.05, 4.69) is 0 Å². The molecule has 5 nitrogen and oxygen atoms in total. The van der Waals surface area contributed by atoms with Gasteiger partial charge in [-0.05, 0) is 24.5 Å². The fourth-order valence-corrected chi connectivity index (χ4v) is 3.65. The number of carbonyl (C=O) groups excluding carboxylic acids is 1. The lowest BCUT2D eigenvalue weighted by Crippen LogP contribution is -2.60. The van der Waals surface area contributed by atoms with Crippen LogP contribution in [0, 0.1) is 0 Å². The quantitative estimate of drug-likeness (QED) is 0.877. The van der Waals surface area contributed by atoms with Gasteiger partial charge in [0.05, 0.1) is 12.1 Å². The van der Waals surface area contributed by atoms with Crippen LogP contribution in [-0.4, -0.2) is 47.7 Å². The van der Waals surface area contributed by atoms with Crippen LogP contribution in [0.1, 0.15) is 48.5 Å². The third-order valence-electron chi connectivity index (χ3n) is 4.81. The van der Waals surface area contributed by atoms with Gasteiger partial charge in [-0.2, -0.15) is 0 Å². The largest absolute Gasteiger partial charge is 0.481 e. The van der Waals surface area contributed by atoms with Crippen LogP contribution in [0.15, 0.2) is 24.3 Å². The number of benzene rings is 1. The van der Waals surface area contributed by atoms with E-state index in [0.29, 0.717) is 37.1 Å². The molecule has 1 aromatic carbocycles. The molecule has 1 atom stereocenters. The maximum Gasteiger partial charge on any atom is 0.313 e. The van der Waals surface area contributed by atoms with E-state index in [-0.39, 0.29) is 5.91 Å². The molecule has 1 heterocycles. The zero-order valence-electron chi connectivity index (χ0n) is 13.3. The number of carboxylic acids is 1. The van der Waals surface area contributed by atoms with Gasteiger partial charge >= 0.3 is 5.97 Å². The molecule has 0 bridgehead atoms. The van der Waals surface area contributed by atoms with E-state index in [1.807, 2.05) is 13.8 Å². The zero-order valence-corrected chi connectivity index (χ0v) is 13.3. The summed E-state index contributed by atoms with van der Waals surface area (Å²) in [6, 6.07) is 7.04. The van der Waals surface area contributed by atoms with Crippen LogP contribution in [0.3, 0.4) is 0 Å². The summed E-state index contributed by atoms with van der Waals surface area (Å²) in [5.74, 6) is -1.70. The zero-order chi connectivity index (χ0) is 16.3. The van der Waals surface area contributed by atoms with E-state index < -0.39 is 17.4 Å². The van der Waals surface area contributed by atoms with Crippen LogP contribution < -0.4 is 0 Å². The molecule has 120 valence electrons. The first kappa shape index (κ1) is 16.5. The summed E-state index contributed by atoms with van der Waals surface area (Å²) >= 11 is 0. The highest BCUT2D eigenvalue weighted by molar-refractivity contribution is 6.01. The predicted octanol–water partition coefficient (Wildman–Crippen LogP) is 2.52. The number of methoxy groups -OCH3 is 1. The SMILES string of the molecule is CCC1(CC)C(C(=O)O)c2ccccc2C(=O)N1CCOC. The first-order valence-corrected chi connectivity index (χ1v) is 7.66. The molecule has 1 aromatic rings. The van der Waals surface area contributed by atoms with Crippen LogP contribution in [0.5, 0.6) is 0 Å². The Morgan fingerprint density at radius 1 is 1.32 bits per heavy atom. The average molecular weight is 305 g/mol. The van der Waals surface area contributed by atoms with Gasteiger partial charge in [0.2, 0.25) is 0 Å². The van der Waals surface area contributed by atoms with E-state index >= 15 is 0 Å². The van der Waals surface area contributed by atoms with E-state index in [9.17, 15) is 14.7 Å². The molecule has 0 fully saturated rings. The third-order valence-corrected chi connectivity index (χ3v) is 4.81. The molecule has 5 heteroatoms. The van der Waals surface area contributed by atoms with Crippen LogP contribution in [0.2, 0.25) is 0 Å². The third kappa shape index (κ3) is 2.39. The van der Waals surface area contributed by atoms with Crippen molar-refractivity contribution in [1.29, 1.82) is 0 Å². The Labute approximate surface area is 130 Å². The van der Waals surface area contributed by atoms with Crippen LogP contribution >= 0.6 is 0 Å². The van der Waals surface area contributed by atoms with Crippen molar-refractivity contribution in [2.45, 2.75) is 38.1 Å². The minimum Gasteiger partial charge on any atom is -0.481 e. The summed E-state index contributed by atoms with van der Waals surface area (Å²) in [5.41, 5.74) is 0.399. The van der Waals surface area contributed by atoms with Crippen molar-refractivity contribution in [1.82, 2.24) is 4.90 Å². The minimum atomic E-state index is -0.883. The van der Waals surface area contributed by atoms with E-state index in [0.717, 1.165) is 0 Å². The Hall–Kier alpha value is -1.88. The number of ether oxygens (including phenoxy) is 1. The average Bonchev–Trinajstić information content (AvgIpc) is 2.53. The second-order valence-electron chi connectivity index (χ2n) is 5.62. The lowest BCUT2D eigenvalue weighted by molar-refractivity contribution is -0.143. The molecule has 0 radical (unpaired) electrons. The molecule has 1 amide bonds. The summed E-state index contributed by atoms with van der Waals surface area (Å²) < 4.78 is 5.12. The van der Waals surface area contributed by atoms with Gasteiger partial charge in [0, 0.05) is 19.2 Å². The van der Waals surface area contributed by atoms with Gasteiger partial charge in [-0.25, -0.2) is 0 Å². The topological polar surface area (TPSA) is 66.8 Å². The summed E-state index contributed by atoms with van der Waals surface area (Å²) in [6.07, 6.45) is 1.18. The van der Waals surface area contributed by atoms with Crippen LogP contribution in [0.4, 0.5) is 0 Å². The molecule has 1 aliphatic rings. The molecular formula is C17H23NO4. The number of hydrogen-bond donors (Lipinski definition) is 1. The molecular weight excluding hydrogens is 282 g/mol. The lowest BCUT2D eigenvalue weighted by Gasteiger charge is -2.50. The predicted molar refractivity (Wildman–Crippen MR) is 83.0 cm³/mol. The number of carboxylic acid groups (broad SMARTS) is 1. The van der Waals surface area contributed by atoms with Gasteiger partial charge in [0.25, 0.3) is 5.91 Å². The summed E-state index contributed by atoms with van der Waals surface area (Å²) in [5, 5.41) is 9.84. The van der Waals surface area contributed by atoms with Crippen molar-refractivity contribution in [2.24, 2.45) is 0 Å². The standard InChI is InChI=1S/C17H23NO4/c1-4-17(5-2)14(16(20)21)12-8-6-7-9-13(12)15(19)18(17)10-11-22-3/h6-9,14H,4-5,10-11H2,1-3H3,(H,20,21). The molecule has 0 aromatic heterocycles. The van der Waals surface area contributed by atoms with Gasteiger partial charge in [-0.3, -0.25) is 9.59 Å². The summed E-state index contributed by atoms with van der Waals surface area (Å²) in [6.45, 7) is 4.68. The highest BCUT2D eigenvalue weighted by atomic mass is 16.5. The van der Waals surface area contributed by atoms with Crippen molar-refractivity contribution in [3.63, 3.8) is 0 Å². The summed E-state index contributed by atoms with van der Waals surface area (Å²) in [7, 11) is 1.58. The van der Waals surface area contributed by atoms with Crippen LogP contribution in [-0.2, 0) is 9.53 Å². The highest BCUT2D eigenvalue weighted by Gasteiger charge is 2.52. The monoisotopic (exact) mass is 305 g/mol. The van der Waals surface area contributed by atoms with Gasteiger partial charge in [0.1, 0.15) is 5.92 Å². The van der Waals surface area contributed by atoms with E-state index in [1.165, 1.54) is 0 Å². The van der Waals surface area contributed by atoms with Crippen molar-refractivity contribution in [3.8, 4) is 0 Å². The summed E-state index contributed by atoms with van der Waals surface area (Å²) in [4.78, 5) is 26.6. The molecule has 1 N–H and O–H groups in total. The number of carbonyl (C=O) groups is 2. The Morgan fingerprint density at radius 2 is 1.95 bits per heavy atom.